The minimum Gasteiger partial charge on any atom is -0.323 e. The standard InChI is InChI=1S/C16H27N3/c1-13(2)18-9-11-19(12-10-18)14(3)16(17)15-7-5-4-6-8-15/h4-8,13-14,16H,9-12,17H2,1-3H3. The summed E-state index contributed by atoms with van der Waals surface area (Å²) in [6, 6.07) is 11.6. The highest BCUT2D eigenvalue weighted by Crippen LogP contribution is 2.20. The lowest BCUT2D eigenvalue weighted by Gasteiger charge is -2.41. The van der Waals surface area contributed by atoms with E-state index in [9.17, 15) is 0 Å². The van der Waals surface area contributed by atoms with E-state index in [-0.39, 0.29) is 6.04 Å². The van der Waals surface area contributed by atoms with Crippen LogP contribution in [0.1, 0.15) is 32.4 Å². The number of hydrogen-bond donors (Lipinski definition) is 1. The molecule has 2 rings (SSSR count). The van der Waals surface area contributed by atoms with E-state index < -0.39 is 0 Å². The summed E-state index contributed by atoms with van der Waals surface area (Å²) in [5.41, 5.74) is 7.65. The van der Waals surface area contributed by atoms with Crippen LogP contribution < -0.4 is 5.73 Å². The maximum absolute atomic E-state index is 6.41. The van der Waals surface area contributed by atoms with Crippen molar-refractivity contribution in [3.8, 4) is 0 Å². The van der Waals surface area contributed by atoms with Gasteiger partial charge in [-0.2, -0.15) is 0 Å². The van der Waals surface area contributed by atoms with Crippen LogP contribution in [0, 0.1) is 0 Å². The highest BCUT2D eigenvalue weighted by molar-refractivity contribution is 5.20. The van der Waals surface area contributed by atoms with Crippen molar-refractivity contribution in [1.82, 2.24) is 9.80 Å². The quantitative estimate of drug-likeness (QED) is 0.901. The van der Waals surface area contributed by atoms with Crippen LogP contribution in [0.25, 0.3) is 0 Å². The monoisotopic (exact) mass is 261 g/mol. The Hall–Kier alpha value is -0.900. The van der Waals surface area contributed by atoms with E-state index in [2.05, 4.69) is 54.8 Å². The van der Waals surface area contributed by atoms with Crippen LogP contribution in [0.15, 0.2) is 30.3 Å². The molecule has 0 saturated carbocycles. The molecule has 1 aromatic rings. The van der Waals surface area contributed by atoms with Gasteiger partial charge in [-0.15, -0.1) is 0 Å². The first kappa shape index (κ1) is 14.5. The second-order valence-electron chi connectivity index (χ2n) is 5.84. The van der Waals surface area contributed by atoms with Gasteiger partial charge in [-0.25, -0.2) is 0 Å². The summed E-state index contributed by atoms with van der Waals surface area (Å²) < 4.78 is 0. The minimum absolute atomic E-state index is 0.104. The number of nitrogens with two attached hydrogens (primary N) is 1. The topological polar surface area (TPSA) is 32.5 Å². The summed E-state index contributed by atoms with van der Waals surface area (Å²) in [7, 11) is 0. The van der Waals surface area contributed by atoms with Gasteiger partial charge in [0, 0.05) is 44.3 Å². The molecule has 1 aromatic carbocycles. The Morgan fingerprint density at radius 1 is 0.895 bits per heavy atom. The molecule has 0 spiro atoms. The van der Waals surface area contributed by atoms with Crippen molar-refractivity contribution >= 4 is 0 Å². The molecular weight excluding hydrogens is 234 g/mol. The van der Waals surface area contributed by atoms with Gasteiger partial charge in [0.25, 0.3) is 0 Å². The maximum Gasteiger partial charge on any atom is 0.0450 e. The number of piperazine rings is 1. The summed E-state index contributed by atoms with van der Waals surface area (Å²) in [6.07, 6.45) is 0. The third-order valence-electron chi connectivity index (χ3n) is 4.36. The van der Waals surface area contributed by atoms with Crippen LogP contribution in [0.2, 0.25) is 0 Å². The van der Waals surface area contributed by atoms with Gasteiger partial charge in [0.05, 0.1) is 0 Å². The van der Waals surface area contributed by atoms with E-state index in [0.717, 1.165) is 26.2 Å². The van der Waals surface area contributed by atoms with E-state index >= 15 is 0 Å². The molecule has 106 valence electrons. The lowest BCUT2D eigenvalue weighted by molar-refractivity contribution is 0.0749. The molecule has 0 aromatic heterocycles. The normalized spacial score (nSPS) is 21.5. The lowest BCUT2D eigenvalue weighted by Crippen LogP contribution is -2.53. The molecule has 2 unspecified atom stereocenters. The predicted molar refractivity (Wildman–Crippen MR) is 81.1 cm³/mol. The average molecular weight is 261 g/mol. The molecule has 0 amide bonds. The van der Waals surface area contributed by atoms with E-state index in [1.54, 1.807) is 0 Å². The largest absolute Gasteiger partial charge is 0.323 e. The second-order valence-corrected chi connectivity index (χ2v) is 5.84. The summed E-state index contributed by atoms with van der Waals surface area (Å²) in [5.74, 6) is 0. The summed E-state index contributed by atoms with van der Waals surface area (Å²) in [5, 5.41) is 0. The second kappa shape index (κ2) is 6.51. The fourth-order valence-electron chi connectivity index (χ4n) is 2.84. The van der Waals surface area contributed by atoms with Gasteiger partial charge in [0.1, 0.15) is 0 Å². The van der Waals surface area contributed by atoms with Crippen LogP contribution in [-0.4, -0.2) is 48.1 Å². The van der Waals surface area contributed by atoms with E-state index in [0.29, 0.717) is 12.1 Å². The van der Waals surface area contributed by atoms with E-state index in [1.807, 2.05) is 6.07 Å². The number of rotatable bonds is 4. The van der Waals surface area contributed by atoms with Crippen molar-refractivity contribution in [2.24, 2.45) is 5.73 Å². The fraction of sp³-hybridized carbons (Fsp3) is 0.625. The minimum atomic E-state index is 0.104. The Morgan fingerprint density at radius 2 is 1.42 bits per heavy atom. The molecule has 3 heteroatoms. The molecule has 1 aliphatic heterocycles. The maximum atomic E-state index is 6.41. The fourth-order valence-corrected chi connectivity index (χ4v) is 2.84. The van der Waals surface area contributed by atoms with Crippen LogP contribution >= 0.6 is 0 Å². The zero-order chi connectivity index (χ0) is 13.8. The van der Waals surface area contributed by atoms with Crippen LogP contribution in [0.3, 0.4) is 0 Å². The zero-order valence-corrected chi connectivity index (χ0v) is 12.4. The van der Waals surface area contributed by atoms with Gasteiger partial charge < -0.3 is 5.73 Å². The summed E-state index contributed by atoms with van der Waals surface area (Å²) in [6.45, 7) is 11.4. The molecule has 19 heavy (non-hydrogen) atoms. The van der Waals surface area contributed by atoms with E-state index in [4.69, 9.17) is 5.73 Å². The number of nitrogens with zero attached hydrogens (tertiary/aromatic N) is 2. The highest BCUT2D eigenvalue weighted by Gasteiger charge is 2.26. The molecule has 0 aliphatic carbocycles. The van der Waals surface area contributed by atoms with Crippen molar-refractivity contribution in [3.05, 3.63) is 35.9 Å². The predicted octanol–water partition coefficient (Wildman–Crippen LogP) is 2.10. The molecule has 1 fully saturated rings. The number of benzene rings is 1. The van der Waals surface area contributed by atoms with Gasteiger partial charge in [0.2, 0.25) is 0 Å². The van der Waals surface area contributed by atoms with Gasteiger partial charge >= 0.3 is 0 Å². The summed E-state index contributed by atoms with van der Waals surface area (Å²) in [4.78, 5) is 5.06. The average Bonchev–Trinajstić information content (AvgIpc) is 2.46. The molecular formula is C16H27N3. The first-order valence-corrected chi connectivity index (χ1v) is 7.38. The van der Waals surface area contributed by atoms with Gasteiger partial charge in [0.15, 0.2) is 0 Å². The van der Waals surface area contributed by atoms with E-state index in [1.165, 1.54) is 5.56 Å². The van der Waals surface area contributed by atoms with Gasteiger partial charge in [-0.3, -0.25) is 9.80 Å². The Morgan fingerprint density at radius 3 is 1.95 bits per heavy atom. The van der Waals surface area contributed by atoms with Crippen molar-refractivity contribution in [2.45, 2.75) is 38.9 Å². The first-order chi connectivity index (χ1) is 9.09. The van der Waals surface area contributed by atoms with Crippen molar-refractivity contribution < 1.29 is 0 Å². The summed E-state index contributed by atoms with van der Waals surface area (Å²) >= 11 is 0. The molecule has 1 heterocycles. The molecule has 1 saturated heterocycles. The van der Waals surface area contributed by atoms with Gasteiger partial charge in [-0.1, -0.05) is 30.3 Å². The third-order valence-corrected chi connectivity index (χ3v) is 4.36. The SMILES string of the molecule is CC(C)N1CCN(C(C)C(N)c2ccccc2)CC1. The van der Waals surface area contributed by atoms with Crippen molar-refractivity contribution in [3.63, 3.8) is 0 Å². The Kier molecular flexibility index (Phi) is 4.97. The lowest BCUT2D eigenvalue weighted by atomic mass is 9.99. The van der Waals surface area contributed by atoms with Crippen LogP contribution in [0.5, 0.6) is 0 Å². The van der Waals surface area contributed by atoms with Crippen molar-refractivity contribution in [2.75, 3.05) is 26.2 Å². The van der Waals surface area contributed by atoms with Crippen LogP contribution in [0.4, 0.5) is 0 Å². The Labute approximate surface area is 117 Å². The third kappa shape index (κ3) is 3.56. The van der Waals surface area contributed by atoms with Crippen molar-refractivity contribution in [1.29, 1.82) is 0 Å². The number of hydrogen-bond acceptors (Lipinski definition) is 3. The highest BCUT2D eigenvalue weighted by atomic mass is 15.3. The Bertz CT molecular complexity index is 369. The van der Waals surface area contributed by atoms with Gasteiger partial charge in [-0.05, 0) is 26.3 Å². The Balaban J connectivity index is 1.92. The molecule has 1 aliphatic rings. The molecule has 3 nitrogen and oxygen atoms in total. The molecule has 2 atom stereocenters. The zero-order valence-electron chi connectivity index (χ0n) is 12.4. The smallest absolute Gasteiger partial charge is 0.0450 e. The molecule has 0 radical (unpaired) electrons. The first-order valence-electron chi connectivity index (χ1n) is 7.38. The van der Waals surface area contributed by atoms with Crippen LogP contribution in [-0.2, 0) is 0 Å². The molecule has 2 N–H and O–H groups in total. The molecule has 0 bridgehead atoms.